The van der Waals surface area contributed by atoms with E-state index >= 15 is 0 Å². The third-order valence-electron chi connectivity index (χ3n) is 3.36. The maximum Gasteiger partial charge on any atom is 0.338 e. The molecular weight excluding hydrogens is 326 g/mol. The van der Waals surface area contributed by atoms with Gasteiger partial charge in [0.25, 0.3) is 0 Å². The van der Waals surface area contributed by atoms with Crippen molar-refractivity contribution < 1.29 is 14.6 Å². The topological polar surface area (TPSA) is 58.6 Å². The first-order chi connectivity index (χ1) is 11.5. The monoisotopic (exact) mass is 347 g/mol. The number of aliphatic hydroxyl groups excluding tert-OH is 1. The molecule has 1 atom stereocenters. The van der Waals surface area contributed by atoms with Crippen LogP contribution in [-0.4, -0.2) is 35.7 Å². The van der Waals surface area contributed by atoms with Gasteiger partial charge >= 0.3 is 5.97 Å². The van der Waals surface area contributed by atoms with E-state index in [1.54, 1.807) is 6.07 Å². The number of ether oxygens (including phenoxy) is 1. The molecule has 0 bridgehead atoms. The lowest BCUT2D eigenvalue weighted by Gasteiger charge is -2.12. The summed E-state index contributed by atoms with van der Waals surface area (Å²) in [5.41, 5.74) is 3.30. The third kappa shape index (κ3) is 5.25. The van der Waals surface area contributed by atoms with Crippen LogP contribution in [0.3, 0.4) is 0 Å². The van der Waals surface area contributed by atoms with Crippen LogP contribution < -0.4 is 5.32 Å². The molecule has 0 fully saturated rings. The van der Waals surface area contributed by atoms with E-state index in [1.165, 1.54) is 0 Å². The lowest BCUT2D eigenvalue weighted by molar-refractivity contribution is 0.0378. The molecule has 2 aromatic rings. The van der Waals surface area contributed by atoms with E-state index in [1.807, 2.05) is 56.3 Å². The third-order valence-corrected chi connectivity index (χ3v) is 3.71. The molecule has 2 N–H and O–H groups in total. The van der Waals surface area contributed by atoms with Gasteiger partial charge < -0.3 is 15.2 Å². The van der Waals surface area contributed by atoms with Crippen LogP contribution in [0.4, 0.5) is 5.69 Å². The summed E-state index contributed by atoms with van der Waals surface area (Å²) in [5, 5.41) is 12.7. The quantitative estimate of drug-likeness (QED) is 0.588. The fourth-order valence-corrected chi connectivity index (χ4v) is 2.32. The predicted molar refractivity (Wildman–Crippen MR) is 97.6 cm³/mol. The lowest BCUT2D eigenvalue weighted by atomic mass is 10.0. The molecule has 0 aliphatic carbocycles. The van der Waals surface area contributed by atoms with E-state index in [9.17, 15) is 9.90 Å². The molecule has 2 aromatic carbocycles. The molecule has 5 heteroatoms. The van der Waals surface area contributed by atoms with E-state index in [0.717, 1.165) is 16.8 Å². The Morgan fingerprint density at radius 1 is 1.17 bits per heavy atom. The molecule has 4 nitrogen and oxygen atoms in total. The molecule has 0 spiro atoms. The summed E-state index contributed by atoms with van der Waals surface area (Å²) in [6.45, 7) is 4.03. The SMILES string of the molecule is CC(C)OC(=O)c1cccc(-c2cccc(NCC(O)CCl)c2)c1. The molecule has 0 amide bonds. The summed E-state index contributed by atoms with van der Waals surface area (Å²) >= 11 is 5.59. The van der Waals surface area contributed by atoms with Crippen LogP contribution in [-0.2, 0) is 4.74 Å². The summed E-state index contributed by atoms with van der Waals surface area (Å²) in [7, 11) is 0. The zero-order valence-electron chi connectivity index (χ0n) is 13.8. The van der Waals surface area contributed by atoms with E-state index in [-0.39, 0.29) is 18.0 Å². The number of carbonyl (C=O) groups excluding carboxylic acids is 1. The van der Waals surface area contributed by atoms with Gasteiger partial charge in [-0.25, -0.2) is 4.79 Å². The van der Waals surface area contributed by atoms with Gasteiger partial charge in [0.1, 0.15) is 0 Å². The van der Waals surface area contributed by atoms with Gasteiger partial charge in [-0.05, 0) is 49.2 Å². The van der Waals surface area contributed by atoms with Crippen LogP contribution >= 0.6 is 11.6 Å². The average molecular weight is 348 g/mol. The second kappa shape index (κ2) is 8.71. The van der Waals surface area contributed by atoms with E-state index < -0.39 is 6.10 Å². The van der Waals surface area contributed by atoms with Crippen molar-refractivity contribution in [3.05, 3.63) is 54.1 Å². The smallest absolute Gasteiger partial charge is 0.338 e. The highest BCUT2D eigenvalue weighted by Gasteiger charge is 2.10. The van der Waals surface area contributed by atoms with Crippen molar-refractivity contribution in [3.8, 4) is 11.1 Å². The summed E-state index contributed by atoms with van der Waals surface area (Å²) in [4.78, 5) is 12.0. The molecule has 128 valence electrons. The van der Waals surface area contributed by atoms with Crippen molar-refractivity contribution >= 4 is 23.3 Å². The highest BCUT2D eigenvalue weighted by atomic mass is 35.5. The molecule has 24 heavy (non-hydrogen) atoms. The summed E-state index contributed by atoms with van der Waals surface area (Å²) < 4.78 is 5.24. The maximum atomic E-state index is 12.0. The minimum Gasteiger partial charge on any atom is -0.459 e. The summed E-state index contributed by atoms with van der Waals surface area (Å²) in [6, 6.07) is 15.1. The fraction of sp³-hybridized carbons (Fsp3) is 0.316. The molecule has 1 unspecified atom stereocenters. The lowest BCUT2D eigenvalue weighted by Crippen LogP contribution is -2.20. The van der Waals surface area contributed by atoms with Crippen LogP contribution in [0.1, 0.15) is 24.2 Å². The van der Waals surface area contributed by atoms with E-state index in [2.05, 4.69) is 5.32 Å². The number of aliphatic hydroxyl groups is 1. The molecule has 0 aliphatic rings. The number of hydrogen-bond donors (Lipinski definition) is 2. The number of halogens is 1. The Labute approximate surface area is 147 Å². The van der Waals surface area contributed by atoms with Gasteiger partial charge in [-0.3, -0.25) is 0 Å². The van der Waals surface area contributed by atoms with Crippen molar-refractivity contribution in [3.63, 3.8) is 0 Å². The van der Waals surface area contributed by atoms with Gasteiger partial charge in [-0.2, -0.15) is 0 Å². The van der Waals surface area contributed by atoms with Crippen molar-refractivity contribution in [1.29, 1.82) is 0 Å². The highest BCUT2D eigenvalue weighted by Crippen LogP contribution is 2.24. The van der Waals surface area contributed by atoms with Crippen molar-refractivity contribution in [2.24, 2.45) is 0 Å². The van der Waals surface area contributed by atoms with Gasteiger partial charge in [-0.15, -0.1) is 11.6 Å². The Hall–Kier alpha value is -2.04. The number of esters is 1. The number of carbonyl (C=O) groups is 1. The fourth-order valence-electron chi connectivity index (χ4n) is 2.21. The zero-order valence-corrected chi connectivity index (χ0v) is 14.6. The van der Waals surface area contributed by atoms with Crippen LogP contribution in [0, 0.1) is 0 Å². The molecule has 0 saturated carbocycles. The Bertz CT molecular complexity index is 688. The molecule has 0 heterocycles. The van der Waals surface area contributed by atoms with Gasteiger partial charge in [0.2, 0.25) is 0 Å². The molecule has 0 aromatic heterocycles. The van der Waals surface area contributed by atoms with Crippen LogP contribution in [0.15, 0.2) is 48.5 Å². The first-order valence-corrected chi connectivity index (χ1v) is 8.42. The number of hydrogen-bond acceptors (Lipinski definition) is 4. The van der Waals surface area contributed by atoms with Gasteiger partial charge in [0, 0.05) is 12.2 Å². The number of rotatable bonds is 7. The Balaban J connectivity index is 2.18. The largest absolute Gasteiger partial charge is 0.459 e. The van der Waals surface area contributed by atoms with Crippen LogP contribution in [0.2, 0.25) is 0 Å². The minimum atomic E-state index is -0.593. The van der Waals surface area contributed by atoms with Crippen molar-refractivity contribution in [2.45, 2.75) is 26.1 Å². The van der Waals surface area contributed by atoms with Gasteiger partial charge in [-0.1, -0.05) is 24.3 Å². The predicted octanol–water partition coefficient (Wildman–Crippen LogP) is 3.93. The van der Waals surface area contributed by atoms with Crippen molar-refractivity contribution in [1.82, 2.24) is 0 Å². The normalized spacial score (nSPS) is 12.0. The number of benzene rings is 2. The molecule has 0 aliphatic heterocycles. The first kappa shape index (κ1) is 18.3. The van der Waals surface area contributed by atoms with Crippen LogP contribution in [0.25, 0.3) is 11.1 Å². The second-order valence-corrected chi connectivity index (χ2v) is 6.11. The maximum absolute atomic E-state index is 12.0. The number of nitrogens with one attached hydrogen (secondary N) is 1. The number of alkyl halides is 1. The Morgan fingerprint density at radius 3 is 2.50 bits per heavy atom. The average Bonchev–Trinajstić information content (AvgIpc) is 2.59. The standard InChI is InChI=1S/C19H22ClNO3/c1-13(2)24-19(23)16-7-3-5-14(9-16)15-6-4-8-17(10-15)21-12-18(22)11-20/h3-10,13,18,21-22H,11-12H2,1-2H3. The summed E-state index contributed by atoms with van der Waals surface area (Å²) in [5.74, 6) is -0.140. The van der Waals surface area contributed by atoms with Gasteiger partial charge in [0.15, 0.2) is 0 Å². The van der Waals surface area contributed by atoms with E-state index in [0.29, 0.717) is 12.1 Å². The second-order valence-electron chi connectivity index (χ2n) is 5.80. The first-order valence-electron chi connectivity index (χ1n) is 7.89. The summed E-state index contributed by atoms with van der Waals surface area (Å²) in [6.07, 6.45) is -0.744. The number of anilines is 1. The minimum absolute atomic E-state index is 0.151. The molecule has 0 saturated heterocycles. The zero-order chi connectivity index (χ0) is 17.5. The Morgan fingerprint density at radius 2 is 1.83 bits per heavy atom. The van der Waals surface area contributed by atoms with Gasteiger partial charge in [0.05, 0.1) is 23.7 Å². The van der Waals surface area contributed by atoms with Crippen molar-refractivity contribution in [2.75, 3.05) is 17.7 Å². The molecule has 2 rings (SSSR count). The Kier molecular flexibility index (Phi) is 6.64. The van der Waals surface area contributed by atoms with E-state index in [4.69, 9.17) is 16.3 Å². The molecule has 0 radical (unpaired) electrons. The highest BCUT2D eigenvalue weighted by molar-refractivity contribution is 6.18. The van der Waals surface area contributed by atoms with Crippen LogP contribution in [0.5, 0.6) is 0 Å². The molecular formula is C19H22ClNO3.